The molecule has 0 atom stereocenters. The summed E-state index contributed by atoms with van der Waals surface area (Å²) in [5, 5.41) is 2.91. The number of rotatable bonds is 6. The molecular weight excluding hydrogens is 344 g/mol. The lowest BCUT2D eigenvalue weighted by Crippen LogP contribution is -2.35. The monoisotopic (exact) mass is 370 g/mol. The first-order valence-corrected chi connectivity index (χ1v) is 9.20. The van der Waals surface area contributed by atoms with Gasteiger partial charge in [-0.1, -0.05) is 12.1 Å². The molecule has 2 aromatic rings. The van der Waals surface area contributed by atoms with Gasteiger partial charge in [-0.3, -0.25) is 14.2 Å². The normalized spacial score (nSPS) is 13.8. The lowest BCUT2D eigenvalue weighted by Gasteiger charge is -2.22. The molecule has 0 unspecified atom stereocenters. The highest BCUT2D eigenvalue weighted by molar-refractivity contribution is 5.91. The second-order valence-electron chi connectivity index (χ2n) is 6.89. The number of hydrogen-bond donors (Lipinski definition) is 1. The number of ether oxygens (including phenoxy) is 1. The summed E-state index contributed by atoms with van der Waals surface area (Å²) in [6.45, 7) is 5.83. The average Bonchev–Trinajstić information content (AvgIpc) is 3.16. The van der Waals surface area contributed by atoms with Crippen LogP contribution in [0.4, 0.5) is 11.6 Å². The highest BCUT2D eigenvalue weighted by Crippen LogP contribution is 2.19. The number of aryl methyl sites for hydroxylation is 1. The topological polar surface area (TPSA) is 76.5 Å². The van der Waals surface area contributed by atoms with Crippen LogP contribution in [0.1, 0.15) is 29.7 Å². The van der Waals surface area contributed by atoms with E-state index in [1.807, 2.05) is 32.0 Å². The molecule has 1 amide bonds. The van der Waals surface area contributed by atoms with Crippen molar-refractivity contribution in [1.29, 1.82) is 0 Å². The number of benzene rings is 1. The number of methoxy groups -OCH3 is 1. The van der Waals surface area contributed by atoms with Gasteiger partial charge in [-0.05, 0) is 43.9 Å². The number of anilines is 2. The summed E-state index contributed by atoms with van der Waals surface area (Å²) in [5.74, 6) is 0.302. The first-order valence-electron chi connectivity index (χ1n) is 9.20. The highest BCUT2D eigenvalue weighted by atomic mass is 16.5. The van der Waals surface area contributed by atoms with E-state index in [-0.39, 0.29) is 24.6 Å². The minimum atomic E-state index is -0.243. The molecule has 2 heterocycles. The third-order valence-corrected chi connectivity index (χ3v) is 4.90. The molecule has 1 aromatic carbocycles. The molecule has 0 saturated carbocycles. The van der Waals surface area contributed by atoms with Crippen LogP contribution < -0.4 is 15.8 Å². The van der Waals surface area contributed by atoms with Crippen molar-refractivity contribution < 1.29 is 9.53 Å². The molecule has 1 aliphatic rings. The highest BCUT2D eigenvalue weighted by Gasteiger charge is 2.21. The second-order valence-corrected chi connectivity index (χ2v) is 6.89. The zero-order valence-electron chi connectivity index (χ0n) is 16.1. The minimum Gasteiger partial charge on any atom is -0.378 e. The smallest absolute Gasteiger partial charge is 0.255 e. The van der Waals surface area contributed by atoms with Crippen LogP contribution in [0.3, 0.4) is 0 Å². The summed E-state index contributed by atoms with van der Waals surface area (Å²) >= 11 is 0. The fourth-order valence-corrected chi connectivity index (χ4v) is 3.29. The predicted octanol–water partition coefficient (Wildman–Crippen LogP) is 2.25. The van der Waals surface area contributed by atoms with Gasteiger partial charge in [0.05, 0.1) is 12.3 Å². The summed E-state index contributed by atoms with van der Waals surface area (Å²) in [6.07, 6.45) is 2.11. The first kappa shape index (κ1) is 19.1. The van der Waals surface area contributed by atoms with Gasteiger partial charge in [0.15, 0.2) is 0 Å². The Morgan fingerprint density at radius 3 is 2.70 bits per heavy atom. The van der Waals surface area contributed by atoms with E-state index in [4.69, 9.17) is 4.74 Å². The molecule has 0 bridgehead atoms. The Kier molecular flexibility index (Phi) is 5.91. The molecule has 1 saturated heterocycles. The Hall–Kier alpha value is -2.67. The summed E-state index contributed by atoms with van der Waals surface area (Å²) < 4.78 is 6.57. The molecule has 7 heteroatoms. The first-order chi connectivity index (χ1) is 13.0. The number of aromatic nitrogens is 2. The van der Waals surface area contributed by atoms with E-state index < -0.39 is 0 Å². The number of nitrogens with zero attached hydrogens (tertiary/aromatic N) is 3. The molecule has 0 radical (unpaired) electrons. The van der Waals surface area contributed by atoms with Crippen molar-refractivity contribution in [3.05, 3.63) is 51.4 Å². The zero-order valence-corrected chi connectivity index (χ0v) is 16.1. The van der Waals surface area contributed by atoms with Gasteiger partial charge in [0.25, 0.3) is 5.56 Å². The van der Waals surface area contributed by atoms with Crippen molar-refractivity contribution in [2.24, 2.45) is 0 Å². The standard InChI is InChI=1S/C20H26N4O3/c1-14-7-6-8-17(15(14)2)22-18(25)12-24-19(26)11-16(13-27-3)21-20(24)23-9-4-5-10-23/h6-8,11H,4-5,9-10,12-13H2,1-3H3,(H,22,25). The molecule has 1 aromatic heterocycles. The molecule has 27 heavy (non-hydrogen) atoms. The average molecular weight is 370 g/mol. The number of nitrogens with one attached hydrogen (secondary N) is 1. The maximum absolute atomic E-state index is 12.7. The Labute approximate surface area is 159 Å². The van der Waals surface area contributed by atoms with Crippen LogP contribution in [0.2, 0.25) is 0 Å². The second kappa shape index (κ2) is 8.35. The van der Waals surface area contributed by atoms with Crippen LogP contribution >= 0.6 is 0 Å². The molecular formula is C20H26N4O3. The SMILES string of the molecule is COCc1cc(=O)n(CC(=O)Nc2cccc(C)c2C)c(N2CCCC2)n1. The zero-order chi connectivity index (χ0) is 19.4. The Balaban J connectivity index is 1.87. The van der Waals surface area contributed by atoms with Crippen LogP contribution in [0.15, 0.2) is 29.1 Å². The molecule has 1 aliphatic heterocycles. The predicted molar refractivity (Wildman–Crippen MR) is 105 cm³/mol. The molecule has 7 nitrogen and oxygen atoms in total. The van der Waals surface area contributed by atoms with E-state index >= 15 is 0 Å². The quantitative estimate of drug-likeness (QED) is 0.844. The van der Waals surface area contributed by atoms with Crippen LogP contribution in [0.5, 0.6) is 0 Å². The molecule has 1 fully saturated rings. The minimum absolute atomic E-state index is 0.0711. The largest absolute Gasteiger partial charge is 0.378 e. The summed E-state index contributed by atoms with van der Waals surface area (Å²) in [5.41, 5.74) is 3.23. The summed E-state index contributed by atoms with van der Waals surface area (Å²) in [7, 11) is 1.57. The van der Waals surface area contributed by atoms with Crippen LogP contribution in [-0.4, -0.2) is 35.7 Å². The number of hydrogen-bond acceptors (Lipinski definition) is 5. The lowest BCUT2D eigenvalue weighted by molar-refractivity contribution is -0.116. The van der Waals surface area contributed by atoms with E-state index in [0.29, 0.717) is 11.6 Å². The maximum Gasteiger partial charge on any atom is 0.255 e. The van der Waals surface area contributed by atoms with E-state index in [9.17, 15) is 9.59 Å². The van der Waals surface area contributed by atoms with Gasteiger partial charge in [-0.2, -0.15) is 0 Å². The van der Waals surface area contributed by atoms with Gasteiger partial charge in [0.1, 0.15) is 6.54 Å². The van der Waals surface area contributed by atoms with Crippen LogP contribution in [0.25, 0.3) is 0 Å². The van der Waals surface area contributed by atoms with Gasteiger partial charge in [-0.15, -0.1) is 0 Å². The number of amides is 1. The van der Waals surface area contributed by atoms with E-state index in [1.165, 1.54) is 10.6 Å². The summed E-state index contributed by atoms with van der Waals surface area (Å²) in [4.78, 5) is 31.9. The number of carbonyl (C=O) groups is 1. The van der Waals surface area contributed by atoms with Crippen LogP contribution in [-0.2, 0) is 22.7 Å². The number of carbonyl (C=O) groups excluding carboxylic acids is 1. The third kappa shape index (κ3) is 4.36. The fraction of sp³-hybridized carbons (Fsp3) is 0.450. The molecule has 0 spiro atoms. The Morgan fingerprint density at radius 2 is 2.00 bits per heavy atom. The third-order valence-electron chi connectivity index (χ3n) is 4.90. The van der Waals surface area contributed by atoms with Crippen molar-refractivity contribution in [2.45, 2.75) is 39.8 Å². The van der Waals surface area contributed by atoms with E-state index in [1.54, 1.807) is 7.11 Å². The molecule has 3 rings (SSSR count). The molecule has 0 aliphatic carbocycles. The van der Waals surface area contributed by atoms with Crippen molar-refractivity contribution in [3.8, 4) is 0 Å². The van der Waals surface area contributed by atoms with Crippen LogP contribution in [0, 0.1) is 13.8 Å². The lowest BCUT2D eigenvalue weighted by atomic mass is 10.1. The van der Waals surface area contributed by atoms with E-state index in [2.05, 4.69) is 15.2 Å². The van der Waals surface area contributed by atoms with Gasteiger partial charge < -0.3 is 15.0 Å². The maximum atomic E-state index is 12.7. The van der Waals surface area contributed by atoms with Gasteiger partial charge in [0.2, 0.25) is 11.9 Å². The van der Waals surface area contributed by atoms with Gasteiger partial charge >= 0.3 is 0 Å². The summed E-state index contributed by atoms with van der Waals surface area (Å²) in [6, 6.07) is 7.21. The van der Waals surface area contributed by atoms with E-state index in [0.717, 1.165) is 42.7 Å². The van der Waals surface area contributed by atoms with Crippen molar-refractivity contribution in [3.63, 3.8) is 0 Å². The van der Waals surface area contributed by atoms with Crippen molar-refractivity contribution >= 4 is 17.5 Å². The van der Waals surface area contributed by atoms with Crippen molar-refractivity contribution in [1.82, 2.24) is 9.55 Å². The van der Waals surface area contributed by atoms with Gasteiger partial charge in [-0.25, -0.2) is 4.98 Å². The van der Waals surface area contributed by atoms with Crippen molar-refractivity contribution in [2.75, 3.05) is 30.4 Å². The molecule has 1 N–H and O–H groups in total. The fourth-order valence-electron chi connectivity index (χ4n) is 3.29. The Bertz CT molecular complexity index is 885. The molecule has 144 valence electrons. The Morgan fingerprint density at radius 1 is 1.26 bits per heavy atom. The van der Waals surface area contributed by atoms with Gasteiger partial charge in [0, 0.05) is 32.0 Å².